The van der Waals surface area contributed by atoms with Crippen LogP contribution in [0.15, 0.2) is 0 Å². The fraction of sp³-hybridized carbons (Fsp3) is 1.00. The predicted octanol–water partition coefficient (Wildman–Crippen LogP) is 2.66. The van der Waals surface area contributed by atoms with Crippen LogP contribution in [-0.4, -0.2) is 112 Å². The SMILES string of the molecule is CCCOCCOCCOCCNC.CCCOCCOCCOCCOC1CCCCO1. The van der Waals surface area contributed by atoms with E-state index in [1.165, 1.54) is 6.42 Å². The zero-order chi connectivity index (χ0) is 24.1. The first kappa shape index (κ1) is 32.6. The molecule has 0 radical (unpaired) electrons. The third-order valence-corrected chi connectivity index (χ3v) is 4.35. The fourth-order valence-electron chi connectivity index (χ4n) is 2.63. The molecule has 1 rings (SSSR count). The Morgan fingerprint density at radius 2 is 1.06 bits per heavy atom. The lowest BCUT2D eigenvalue weighted by Gasteiger charge is -2.22. The lowest BCUT2D eigenvalue weighted by atomic mass is 10.2. The zero-order valence-corrected chi connectivity index (χ0v) is 21.5. The van der Waals surface area contributed by atoms with Crippen molar-refractivity contribution in [3.05, 3.63) is 0 Å². The molecule has 0 amide bonds. The van der Waals surface area contributed by atoms with Gasteiger partial charge < -0.3 is 43.2 Å². The summed E-state index contributed by atoms with van der Waals surface area (Å²) in [6, 6.07) is 0. The maximum absolute atomic E-state index is 5.55. The standard InChI is InChI=1S/C14H28O5.C10H23NO3/c1-2-6-15-8-9-16-10-11-17-12-13-19-14-5-3-4-7-18-14;1-3-5-12-7-9-14-10-8-13-6-4-11-2/h14H,2-13H2,1H3;11H,3-10H2,1-2H3. The molecule has 1 heterocycles. The summed E-state index contributed by atoms with van der Waals surface area (Å²) in [7, 11) is 1.91. The average Bonchev–Trinajstić information content (AvgIpc) is 2.85. The molecule has 0 bridgehead atoms. The molecule has 0 spiro atoms. The highest BCUT2D eigenvalue weighted by atomic mass is 16.7. The summed E-state index contributed by atoms with van der Waals surface area (Å²) in [5, 5.41) is 3.01. The van der Waals surface area contributed by atoms with Crippen molar-refractivity contribution >= 4 is 0 Å². The highest BCUT2D eigenvalue weighted by molar-refractivity contribution is 4.53. The molecule has 1 unspecified atom stereocenters. The molecular formula is C24H51NO8. The Balaban J connectivity index is 0.000000653. The number of rotatable bonds is 23. The minimum absolute atomic E-state index is 0.0238. The van der Waals surface area contributed by atoms with E-state index in [0.717, 1.165) is 58.7 Å². The van der Waals surface area contributed by atoms with Crippen molar-refractivity contribution in [2.24, 2.45) is 0 Å². The van der Waals surface area contributed by atoms with E-state index in [1.807, 2.05) is 7.05 Å². The average molecular weight is 482 g/mol. The Kier molecular flexibility index (Phi) is 29.3. The Bertz CT molecular complexity index is 334. The van der Waals surface area contributed by atoms with Gasteiger partial charge in [0.2, 0.25) is 0 Å². The summed E-state index contributed by atoms with van der Waals surface area (Å²) in [5.41, 5.74) is 0. The second-order valence-electron chi connectivity index (χ2n) is 7.44. The second kappa shape index (κ2) is 29.7. The van der Waals surface area contributed by atoms with Crippen LogP contribution in [0.1, 0.15) is 46.0 Å². The number of likely N-dealkylation sites (N-methyl/N-ethyl adjacent to an activating group) is 1. The minimum atomic E-state index is -0.0238. The number of ether oxygens (including phenoxy) is 8. The van der Waals surface area contributed by atoms with Crippen LogP contribution in [-0.2, 0) is 37.9 Å². The summed E-state index contributed by atoms with van der Waals surface area (Å²) in [6.07, 6.45) is 5.43. The lowest BCUT2D eigenvalue weighted by molar-refractivity contribution is -0.169. The molecule has 0 saturated carbocycles. The summed E-state index contributed by atoms with van der Waals surface area (Å²) in [4.78, 5) is 0. The smallest absolute Gasteiger partial charge is 0.157 e. The van der Waals surface area contributed by atoms with Crippen LogP contribution in [0.2, 0.25) is 0 Å². The monoisotopic (exact) mass is 481 g/mol. The van der Waals surface area contributed by atoms with E-state index in [2.05, 4.69) is 19.2 Å². The summed E-state index contributed by atoms with van der Waals surface area (Å²) < 4.78 is 42.9. The Labute approximate surface area is 202 Å². The largest absolute Gasteiger partial charge is 0.379 e. The quantitative estimate of drug-likeness (QED) is 0.221. The summed E-state index contributed by atoms with van der Waals surface area (Å²) in [6.45, 7) is 14.6. The van der Waals surface area contributed by atoms with E-state index < -0.39 is 0 Å². The third kappa shape index (κ3) is 27.8. The minimum Gasteiger partial charge on any atom is -0.379 e. The molecule has 9 heteroatoms. The first-order valence-corrected chi connectivity index (χ1v) is 12.7. The number of hydrogen-bond donors (Lipinski definition) is 1. The summed E-state index contributed by atoms with van der Waals surface area (Å²) >= 11 is 0. The Morgan fingerprint density at radius 3 is 1.48 bits per heavy atom. The van der Waals surface area contributed by atoms with E-state index in [9.17, 15) is 0 Å². The van der Waals surface area contributed by atoms with Gasteiger partial charge in [-0.15, -0.1) is 0 Å². The second-order valence-corrected chi connectivity index (χ2v) is 7.44. The summed E-state index contributed by atoms with van der Waals surface area (Å²) in [5.74, 6) is 0. The third-order valence-electron chi connectivity index (χ3n) is 4.35. The molecule has 1 aliphatic heterocycles. The van der Waals surface area contributed by atoms with Crippen molar-refractivity contribution in [1.82, 2.24) is 5.32 Å². The van der Waals surface area contributed by atoms with Crippen LogP contribution in [0.5, 0.6) is 0 Å². The van der Waals surface area contributed by atoms with Gasteiger partial charge in [0.1, 0.15) is 0 Å². The molecule has 33 heavy (non-hydrogen) atoms. The van der Waals surface area contributed by atoms with E-state index in [0.29, 0.717) is 66.1 Å². The number of hydrogen-bond acceptors (Lipinski definition) is 9. The van der Waals surface area contributed by atoms with Crippen LogP contribution in [0.4, 0.5) is 0 Å². The van der Waals surface area contributed by atoms with E-state index in [4.69, 9.17) is 37.9 Å². The van der Waals surface area contributed by atoms with Crippen molar-refractivity contribution in [2.45, 2.75) is 52.2 Å². The van der Waals surface area contributed by atoms with Crippen LogP contribution in [0.25, 0.3) is 0 Å². The van der Waals surface area contributed by atoms with E-state index in [-0.39, 0.29) is 6.29 Å². The van der Waals surface area contributed by atoms with Crippen molar-refractivity contribution in [1.29, 1.82) is 0 Å². The van der Waals surface area contributed by atoms with Gasteiger partial charge >= 0.3 is 0 Å². The molecule has 1 fully saturated rings. The molecular weight excluding hydrogens is 430 g/mol. The van der Waals surface area contributed by atoms with Gasteiger partial charge in [-0.25, -0.2) is 0 Å². The van der Waals surface area contributed by atoms with Crippen LogP contribution in [0, 0.1) is 0 Å². The van der Waals surface area contributed by atoms with Gasteiger partial charge in [0.25, 0.3) is 0 Å². The molecule has 1 aliphatic rings. The van der Waals surface area contributed by atoms with Gasteiger partial charge in [0.15, 0.2) is 6.29 Å². The van der Waals surface area contributed by atoms with Gasteiger partial charge in [0.05, 0.1) is 72.7 Å². The van der Waals surface area contributed by atoms with Crippen LogP contribution in [0.3, 0.4) is 0 Å². The van der Waals surface area contributed by atoms with Crippen molar-refractivity contribution in [3.8, 4) is 0 Å². The molecule has 9 nitrogen and oxygen atoms in total. The van der Waals surface area contributed by atoms with Crippen LogP contribution < -0.4 is 5.32 Å². The van der Waals surface area contributed by atoms with Gasteiger partial charge in [-0.05, 0) is 39.2 Å². The highest BCUT2D eigenvalue weighted by Gasteiger charge is 2.13. The maximum atomic E-state index is 5.55. The first-order chi connectivity index (χ1) is 16.3. The zero-order valence-electron chi connectivity index (χ0n) is 21.5. The van der Waals surface area contributed by atoms with E-state index in [1.54, 1.807) is 0 Å². The molecule has 1 N–H and O–H groups in total. The molecule has 200 valence electrons. The van der Waals surface area contributed by atoms with Crippen molar-refractivity contribution in [2.75, 3.05) is 106 Å². The normalized spacial score (nSPS) is 15.9. The topological polar surface area (TPSA) is 85.9 Å². The van der Waals surface area contributed by atoms with Gasteiger partial charge in [0, 0.05) is 26.4 Å². The molecule has 1 atom stereocenters. The molecule has 0 aromatic rings. The van der Waals surface area contributed by atoms with E-state index >= 15 is 0 Å². The van der Waals surface area contributed by atoms with Crippen LogP contribution >= 0.6 is 0 Å². The molecule has 0 aromatic heterocycles. The first-order valence-electron chi connectivity index (χ1n) is 12.7. The lowest BCUT2D eigenvalue weighted by Crippen LogP contribution is -2.24. The maximum Gasteiger partial charge on any atom is 0.157 e. The van der Waals surface area contributed by atoms with Crippen molar-refractivity contribution < 1.29 is 37.9 Å². The van der Waals surface area contributed by atoms with Crippen molar-refractivity contribution in [3.63, 3.8) is 0 Å². The van der Waals surface area contributed by atoms with Gasteiger partial charge in [-0.3, -0.25) is 0 Å². The molecule has 1 saturated heterocycles. The highest BCUT2D eigenvalue weighted by Crippen LogP contribution is 2.13. The molecule has 0 aromatic carbocycles. The Morgan fingerprint density at radius 1 is 0.606 bits per heavy atom. The van der Waals surface area contributed by atoms with Gasteiger partial charge in [-0.2, -0.15) is 0 Å². The fourth-order valence-corrected chi connectivity index (χ4v) is 2.63. The molecule has 0 aliphatic carbocycles. The number of nitrogens with one attached hydrogen (secondary N) is 1. The predicted molar refractivity (Wildman–Crippen MR) is 129 cm³/mol. The Hall–Kier alpha value is -0.360. The van der Waals surface area contributed by atoms with Gasteiger partial charge in [-0.1, -0.05) is 13.8 Å².